The quantitative estimate of drug-likeness (QED) is 0.666. The van der Waals surface area contributed by atoms with Crippen LogP contribution in [0.15, 0.2) is 24.3 Å². The lowest BCUT2D eigenvalue weighted by Crippen LogP contribution is -2.46. The van der Waals surface area contributed by atoms with Crippen molar-refractivity contribution in [1.82, 2.24) is 10.6 Å². The molecule has 2 saturated heterocycles. The number of ketones is 1. The largest absolute Gasteiger partial charge is 0.441 e. The molecule has 2 fully saturated rings. The molecule has 9 heteroatoms. The molecule has 4 unspecified atom stereocenters. The molecule has 0 aliphatic carbocycles. The number of anilines is 1. The predicted molar refractivity (Wildman–Crippen MR) is 95.8 cm³/mol. The summed E-state index contributed by atoms with van der Waals surface area (Å²) in [6, 6.07) is 5.86. The lowest BCUT2D eigenvalue weighted by atomic mass is 10.1. The third-order valence-electron chi connectivity index (χ3n) is 4.45. The number of rotatable bonds is 5. The fourth-order valence-corrected chi connectivity index (χ4v) is 3.14. The highest BCUT2D eigenvalue weighted by Crippen LogP contribution is 2.29. The minimum atomic E-state index is -0.515. The maximum Gasteiger partial charge on any atom is 0.407 e. The molecule has 9 nitrogen and oxygen atoms in total. The summed E-state index contributed by atoms with van der Waals surface area (Å²) in [5.74, 6) is -0.0390. The van der Waals surface area contributed by atoms with E-state index in [4.69, 9.17) is 14.2 Å². The normalized spacial score (nSPS) is 26.1. The van der Waals surface area contributed by atoms with Gasteiger partial charge in [-0.15, -0.1) is 0 Å². The molecular weight excluding hydrogens is 354 g/mol. The van der Waals surface area contributed by atoms with E-state index in [9.17, 15) is 14.4 Å². The van der Waals surface area contributed by atoms with E-state index in [1.54, 1.807) is 31.2 Å². The molecule has 146 valence electrons. The van der Waals surface area contributed by atoms with E-state index < -0.39 is 24.3 Å². The molecule has 4 atom stereocenters. The second-order valence-corrected chi connectivity index (χ2v) is 6.41. The Balaban J connectivity index is 1.51. The van der Waals surface area contributed by atoms with Gasteiger partial charge in [0.25, 0.3) is 0 Å². The first kappa shape index (κ1) is 19.1. The van der Waals surface area contributed by atoms with Crippen LogP contribution in [0.2, 0.25) is 0 Å². The van der Waals surface area contributed by atoms with E-state index in [0.29, 0.717) is 17.8 Å². The van der Waals surface area contributed by atoms with Crippen molar-refractivity contribution >= 4 is 23.6 Å². The van der Waals surface area contributed by atoms with Gasteiger partial charge in [0, 0.05) is 17.8 Å². The highest BCUT2D eigenvalue weighted by molar-refractivity contribution is 5.95. The first-order chi connectivity index (χ1) is 13.0. The molecule has 3 N–H and O–H groups in total. The number of nitrogens with one attached hydrogen (secondary N) is 3. The zero-order valence-electron chi connectivity index (χ0n) is 15.2. The van der Waals surface area contributed by atoms with Gasteiger partial charge >= 0.3 is 12.1 Å². The fraction of sp³-hybridized carbons (Fsp3) is 0.500. The SMILES string of the molecule is CCNC(=O)OC1COC2C(NC(=O)Nc3ccc(C(C)=O)cc3)COC12. The van der Waals surface area contributed by atoms with E-state index in [2.05, 4.69) is 16.0 Å². The number of amides is 3. The second-order valence-electron chi connectivity index (χ2n) is 6.41. The van der Waals surface area contributed by atoms with Gasteiger partial charge in [-0.3, -0.25) is 4.79 Å². The molecule has 2 aliphatic rings. The number of Topliss-reactive ketones (excluding diaryl/α,β-unsaturated/α-hetero) is 1. The van der Waals surface area contributed by atoms with Gasteiger partial charge in [0.2, 0.25) is 0 Å². The molecule has 1 aromatic carbocycles. The molecule has 0 bridgehead atoms. The summed E-state index contributed by atoms with van der Waals surface area (Å²) in [6.07, 6.45) is -1.81. The molecular formula is C18H23N3O6. The highest BCUT2D eigenvalue weighted by Gasteiger charge is 2.50. The number of benzene rings is 1. The van der Waals surface area contributed by atoms with Gasteiger partial charge < -0.3 is 30.2 Å². The molecule has 0 radical (unpaired) electrons. The van der Waals surface area contributed by atoms with Crippen molar-refractivity contribution in [1.29, 1.82) is 0 Å². The van der Waals surface area contributed by atoms with Gasteiger partial charge in [0.05, 0.1) is 19.3 Å². The topological polar surface area (TPSA) is 115 Å². The maximum absolute atomic E-state index is 12.2. The monoisotopic (exact) mass is 377 g/mol. The van der Waals surface area contributed by atoms with Crippen LogP contribution in [0.25, 0.3) is 0 Å². The van der Waals surface area contributed by atoms with Gasteiger partial charge in [0.15, 0.2) is 11.9 Å². The summed E-state index contributed by atoms with van der Waals surface area (Å²) in [6.45, 7) is 4.24. The Morgan fingerprint density at radius 3 is 2.48 bits per heavy atom. The van der Waals surface area contributed by atoms with Crippen LogP contribution in [-0.2, 0) is 14.2 Å². The van der Waals surface area contributed by atoms with Crippen LogP contribution < -0.4 is 16.0 Å². The smallest absolute Gasteiger partial charge is 0.407 e. The van der Waals surface area contributed by atoms with Crippen LogP contribution in [0.4, 0.5) is 15.3 Å². The third kappa shape index (κ3) is 4.55. The van der Waals surface area contributed by atoms with E-state index in [0.717, 1.165) is 0 Å². The van der Waals surface area contributed by atoms with Gasteiger partial charge in [-0.05, 0) is 38.1 Å². The lowest BCUT2D eigenvalue weighted by molar-refractivity contribution is 0.00419. The van der Waals surface area contributed by atoms with Gasteiger partial charge in [-0.25, -0.2) is 9.59 Å². The first-order valence-electron chi connectivity index (χ1n) is 8.84. The molecule has 27 heavy (non-hydrogen) atoms. The average Bonchev–Trinajstić information content (AvgIpc) is 3.19. The number of carbonyl (C=O) groups excluding carboxylic acids is 3. The van der Waals surface area contributed by atoms with Gasteiger partial charge in [-0.1, -0.05) is 0 Å². The zero-order chi connectivity index (χ0) is 19.4. The molecule has 0 spiro atoms. The molecule has 1 aromatic rings. The fourth-order valence-electron chi connectivity index (χ4n) is 3.14. The first-order valence-corrected chi connectivity index (χ1v) is 8.84. The summed E-state index contributed by atoms with van der Waals surface area (Å²) in [5, 5.41) is 8.08. The number of urea groups is 1. The Bertz CT molecular complexity index is 708. The van der Waals surface area contributed by atoms with Crippen LogP contribution in [0.1, 0.15) is 24.2 Å². The van der Waals surface area contributed by atoms with Crippen molar-refractivity contribution in [2.75, 3.05) is 25.1 Å². The Kier molecular flexibility index (Phi) is 5.92. The number of carbonyl (C=O) groups is 3. The van der Waals surface area contributed by atoms with Crippen molar-refractivity contribution < 1.29 is 28.6 Å². The van der Waals surface area contributed by atoms with Crippen molar-refractivity contribution in [2.24, 2.45) is 0 Å². The number of hydrogen-bond acceptors (Lipinski definition) is 6. The van der Waals surface area contributed by atoms with E-state index in [1.165, 1.54) is 6.92 Å². The van der Waals surface area contributed by atoms with Crippen molar-refractivity contribution in [3.63, 3.8) is 0 Å². The highest BCUT2D eigenvalue weighted by atomic mass is 16.6. The van der Waals surface area contributed by atoms with E-state index >= 15 is 0 Å². The number of alkyl carbamates (subject to hydrolysis) is 1. The standard InChI is InChI=1S/C18H23N3O6/c1-3-19-18(24)27-14-9-26-15-13(8-25-16(14)15)21-17(23)20-12-6-4-11(5-7-12)10(2)22/h4-7,13-16H,3,8-9H2,1-2H3,(H,19,24)(H2,20,21,23). The zero-order valence-corrected chi connectivity index (χ0v) is 15.2. The predicted octanol–water partition coefficient (Wildman–Crippen LogP) is 1.29. The molecule has 3 rings (SSSR count). The molecule has 2 heterocycles. The number of fused-ring (bicyclic) bond motifs is 1. The van der Waals surface area contributed by atoms with Crippen LogP contribution in [0.3, 0.4) is 0 Å². The van der Waals surface area contributed by atoms with Gasteiger partial charge in [0.1, 0.15) is 12.2 Å². The minimum absolute atomic E-state index is 0.0390. The third-order valence-corrected chi connectivity index (χ3v) is 4.45. The summed E-state index contributed by atoms with van der Waals surface area (Å²) in [7, 11) is 0. The number of hydrogen-bond donors (Lipinski definition) is 3. The van der Waals surface area contributed by atoms with E-state index in [1.807, 2.05) is 0 Å². The van der Waals surface area contributed by atoms with Crippen molar-refractivity contribution in [3.05, 3.63) is 29.8 Å². The Hall–Kier alpha value is -2.65. The summed E-state index contributed by atoms with van der Waals surface area (Å²) in [5.41, 5.74) is 1.14. The molecule has 0 aromatic heterocycles. The Labute approximate surface area is 156 Å². The maximum atomic E-state index is 12.2. The lowest BCUT2D eigenvalue weighted by Gasteiger charge is -2.18. The molecule has 2 aliphatic heterocycles. The van der Waals surface area contributed by atoms with Crippen LogP contribution in [0, 0.1) is 0 Å². The van der Waals surface area contributed by atoms with Crippen LogP contribution >= 0.6 is 0 Å². The molecule has 0 saturated carbocycles. The van der Waals surface area contributed by atoms with E-state index in [-0.39, 0.29) is 31.1 Å². The van der Waals surface area contributed by atoms with Crippen LogP contribution in [-0.4, -0.2) is 62.0 Å². The second kappa shape index (κ2) is 8.36. The van der Waals surface area contributed by atoms with Gasteiger partial charge in [-0.2, -0.15) is 0 Å². The summed E-state index contributed by atoms with van der Waals surface area (Å²) in [4.78, 5) is 35.1. The minimum Gasteiger partial charge on any atom is -0.441 e. The Morgan fingerprint density at radius 1 is 1.11 bits per heavy atom. The van der Waals surface area contributed by atoms with Crippen molar-refractivity contribution in [2.45, 2.75) is 38.2 Å². The average molecular weight is 377 g/mol. The molecule has 3 amide bonds. The van der Waals surface area contributed by atoms with Crippen LogP contribution in [0.5, 0.6) is 0 Å². The summed E-state index contributed by atoms with van der Waals surface area (Å²) >= 11 is 0. The Morgan fingerprint density at radius 2 is 1.81 bits per heavy atom. The number of ether oxygens (including phenoxy) is 3. The summed E-state index contributed by atoms with van der Waals surface area (Å²) < 4.78 is 16.6. The van der Waals surface area contributed by atoms with Crippen molar-refractivity contribution in [3.8, 4) is 0 Å².